The third-order valence-electron chi connectivity index (χ3n) is 3.49. The highest BCUT2D eigenvalue weighted by Crippen LogP contribution is 2.34. The summed E-state index contributed by atoms with van der Waals surface area (Å²) in [6, 6.07) is 6.29. The van der Waals surface area contributed by atoms with Crippen LogP contribution in [-0.4, -0.2) is 9.55 Å². The van der Waals surface area contributed by atoms with E-state index in [1.165, 1.54) is 23.9 Å². The molecule has 1 aliphatic rings. The van der Waals surface area contributed by atoms with Crippen LogP contribution >= 0.6 is 11.6 Å². The Kier molecular flexibility index (Phi) is 2.62. The maximum absolute atomic E-state index is 6.25. The molecule has 17 heavy (non-hydrogen) atoms. The lowest BCUT2D eigenvalue weighted by atomic mass is 10.2. The van der Waals surface area contributed by atoms with Crippen LogP contribution in [0.5, 0.6) is 0 Å². The molecule has 2 nitrogen and oxygen atoms in total. The molecule has 90 valence electrons. The second-order valence-electron chi connectivity index (χ2n) is 5.08. The summed E-state index contributed by atoms with van der Waals surface area (Å²) < 4.78 is 2.33. The molecule has 3 heteroatoms. The number of fused-ring (bicyclic) bond motifs is 1. The van der Waals surface area contributed by atoms with Crippen molar-refractivity contribution < 1.29 is 0 Å². The first kappa shape index (κ1) is 11.1. The second-order valence-corrected chi connectivity index (χ2v) is 5.74. The summed E-state index contributed by atoms with van der Waals surface area (Å²) in [6.45, 7) is 5.23. The number of alkyl halides is 1. The third-order valence-corrected chi connectivity index (χ3v) is 3.69. The summed E-state index contributed by atoms with van der Waals surface area (Å²) in [5.41, 5.74) is 3.63. The van der Waals surface area contributed by atoms with Crippen molar-refractivity contribution in [2.24, 2.45) is 5.92 Å². The minimum Gasteiger partial charge on any atom is -0.326 e. The number of aromatic nitrogens is 2. The third kappa shape index (κ3) is 1.95. The van der Waals surface area contributed by atoms with Crippen LogP contribution < -0.4 is 0 Å². The Balaban J connectivity index is 2.20. The smallest absolute Gasteiger partial charge is 0.127 e. The molecular formula is C14H17ClN2. The van der Waals surface area contributed by atoms with Gasteiger partial charge in [0.25, 0.3) is 0 Å². The molecule has 0 radical (unpaired) electrons. The largest absolute Gasteiger partial charge is 0.326 e. The van der Waals surface area contributed by atoms with Gasteiger partial charge in [0.2, 0.25) is 0 Å². The van der Waals surface area contributed by atoms with Gasteiger partial charge in [-0.25, -0.2) is 4.98 Å². The van der Waals surface area contributed by atoms with Gasteiger partial charge in [-0.2, -0.15) is 0 Å². The molecule has 1 heterocycles. The van der Waals surface area contributed by atoms with Crippen LogP contribution in [0.1, 0.15) is 36.5 Å². The Morgan fingerprint density at radius 3 is 2.88 bits per heavy atom. The van der Waals surface area contributed by atoms with Crippen molar-refractivity contribution in [1.29, 1.82) is 0 Å². The molecule has 1 aromatic carbocycles. The maximum atomic E-state index is 6.25. The summed E-state index contributed by atoms with van der Waals surface area (Å²) in [6.07, 6.45) is 2.70. The minimum atomic E-state index is -0.0273. The minimum absolute atomic E-state index is 0.0273. The van der Waals surface area contributed by atoms with Crippen LogP contribution in [-0.2, 0) is 6.54 Å². The first-order chi connectivity index (χ1) is 8.16. The Morgan fingerprint density at radius 1 is 1.47 bits per heavy atom. The van der Waals surface area contributed by atoms with E-state index in [1.807, 2.05) is 6.92 Å². The van der Waals surface area contributed by atoms with E-state index in [1.54, 1.807) is 0 Å². The van der Waals surface area contributed by atoms with Crippen molar-refractivity contribution in [2.75, 3.05) is 0 Å². The standard InChI is InChI=1S/C14H17ClN2/c1-9-4-3-5-12-13(9)17(8-11-6-7-11)14(16-12)10(2)15/h3-5,10-11H,6-8H2,1-2H3. The van der Waals surface area contributed by atoms with Crippen LogP contribution in [0.25, 0.3) is 11.0 Å². The van der Waals surface area contributed by atoms with Crippen LogP contribution in [0.2, 0.25) is 0 Å². The van der Waals surface area contributed by atoms with Gasteiger partial charge in [0, 0.05) is 6.54 Å². The first-order valence-corrected chi connectivity index (χ1v) is 6.70. The van der Waals surface area contributed by atoms with E-state index in [0.29, 0.717) is 0 Å². The molecule has 1 aliphatic carbocycles. The number of halogens is 1. The van der Waals surface area contributed by atoms with Crippen LogP contribution in [0.3, 0.4) is 0 Å². The molecule has 2 aromatic rings. The van der Waals surface area contributed by atoms with Gasteiger partial charge < -0.3 is 4.57 Å². The number of nitrogens with zero attached hydrogens (tertiary/aromatic N) is 2. The molecule has 1 atom stereocenters. The Labute approximate surface area is 107 Å². The molecule has 1 unspecified atom stereocenters. The lowest BCUT2D eigenvalue weighted by molar-refractivity contribution is 0.610. The number of aryl methyl sites for hydroxylation is 1. The van der Waals surface area contributed by atoms with Gasteiger partial charge >= 0.3 is 0 Å². The lowest BCUT2D eigenvalue weighted by Gasteiger charge is -2.10. The topological polar surface area (TPSA) is 17.8 Å². The summed E-state index contributed by atoms with van der Waals surface area (Å²) in [5, 5.41) is -0.0273. The Bertz CT molecular complexity index is 553. The van der Waals surface area contributed by atoms with Crippen molar-refractivity contribution in [3.63, 3.8) is 0 Å². The average molecular weight is 249 g/mol. The molecule has 1 fully saturated rings. The first-order valence-electron chi connectivity index (χ1n) is 6.26. The summed E-state index contributed by atoms with van der Waals surface area (Å²) >= 11 is 6.25. The van der Waals surface area contributed by atoms with E-state index in [2.05, 4.69) is 34.7 Å². The molecule has 3 rings (SSSR count). The fraction of sp³-hybridized carbons (Fsp3) is 0.500. The van der Waals surface area contributed by atoms with Crippen molar-refractivity contribution >= 4 is 22.6 Å². The Morgan fingerprint density at radius 2 is 2.24 bits per heavy atom. The van der Waals surface area contributed by atoms with Crippen LogP contribution in [0.4, 0.5) is 0 Å². The molecule has 0 spiro atoms. The van der Waals surface area contributed by atoms with Gasteiger partial charge in [-0.1, -0.05) is 12.1 Å². The molecule has 0 aliphatic heterocycles. The highest BCUT2D eigenvalue weighted by Gasteiger charge is 2.25. The van der Waals surface area contributed by atoms with Gasteiger partial charge in [0.1, 0.15) is 5.82 Å². The van der Waals surface area contributed by atoms with Gasteiger partial charge in [-0.3, -0.25) is 0 Å². The summed E-state index contributed by atoms with van der Waals surface area (Å²) in [4.78, 5) is 4.68. The zero-order valence-electron chi connectivity index (χ0n) is 10.3. The van der Waals surface area contributed by atoms with Gasteiger partial charge in [-0.05, 0) is 44.2 Å². The predicted molar refractivity (Wildman–Crippen MR) is 71.5 cm³/mol. The SMILES string of the molecule is Cc1cccc2nc(C(C)Cl)n(CC3CC3)c12. The van der Waals surface area contributed by atoms with Crippen LogP contribution in [0, 0.1) is 12.8 Å². The van der Waals surface area contributed by atoms with Crippen molar-refractivity contribution in [3.05, 3.63) is 29.6 Å². The quantitative estimate of drug-likeness (QED) is 0.750. The number of hydrogen-bond donors (Lipinski definition) is 0. The zero-order valence-corrected chi connectivity index (χ0v) is 11.0. The molecule has 1 saturated carbocycles. The number of rotatable bonds is 3. The average Bonchev–Trinajstić information content (AvgIpc) is 2.99. The lowest BCUT2D eigenvalue weighted by Crippen LogP contribution is -2.06. The normalized spacial score (nSPS) is 17.6. The van der Waals surface area contributed by atoms with E-state index < -0.39 is 0 Å². The number of hydrogen-bond acceptors (Lipinski definition) is 1. The van der Waals surface area contributed by atoms with Crippen molar-refractivity contribution in [1.82, 2.24) is 9.55 Å². The van der Waals surface area contributed by atoms with E-state index >= 15 is 0 Å². The van der Waals surface area contributed by atoms with E-state index in [9.17, 15) is 0 Å². The number of imidazole rings is 1. The highest BCUT2D eigenvalue weighted by atomic mass is 35.5. The van der Waals surface area contributed by atoms with Crippen LogP contribution in [0.15, 0.2) is 18.2 Å². The number of benzene rings is 1. The summed E-state index contributed by atoms with van der Waals surface area (Å²) in [5.74, 6) is 1.85. The molecule has 0 saturated heterocycles. The summed E-state index contributed by atoms with van der Waals surface area (Å²) in [7, 11) is 0. The van der Waals surface area contributed by atoms with E-state index in [-0.39, 0.29) is 5.38 Å². The molecule has 0 bridgehead atoms. The zero-order chi connectivity index (χ0) is 12.0. The fourth-order valence-electron chi connectivity index (χ4n) is 2.43. The van der Waals surface area contributed by atoms with Gasteiger partial charge in [0.15, 0.2) is 0 Å². The molecule has 0 N–H and O–H groups in total. The maximum Gasteiger partial charge on any atom is 0.127 e. The predicted octanol–water partition coefficient (Wildman–Crippen LogP) is 4.05. The molecular weight excluding hydrogens is 232 g/mol. The molecule has 0 amide bonds. The van der Waals surface area contributed by atoms with Crippen molar-refractivity contribution in [2.45, 2.75) is 38.6 Å². The van der Waals surface area contributed by atoms with Crippen molar-refractivity contribution in [3.8, 4) is 0 Å². The van der Waals surface area contributed by atoms with Gasteiger partial charge in [-0.15, -0.1) is 11.6 Å². The fourth-order valence-corrected chi connectivity index (χ4v) is 2.60. The van der Waals surface area contributed by atoms with Gasteiger partial charge in [0.05, 0.1) is 16.4 Å². The second kappa shape index (κ2) is 4.02. The monoisotopic (exact) mass is 248 g/mol. The Hall–Kier alpha value is -1.02. The van der Waals surface area contributed by atoms with E-state index in [4.69, 9.17) is 11.6 Å². The highest BCUT2D eigenvalue weighted by molar-refractivity contribution is 6.20. The van der Waals surface area contributed by atoms with E-state index in [0.717, 1.165) is 23.8 Å². The number of para-hydroxylation sites is 1. The molecule has 1 aromatic heterocycles.